The zero-order valence-electron chi connectivity index (χ0n) is 11.6. The summed E-state index contributed by atoms with van der Waals surface area (Å²) < 4.78 is 4.69. The lowest BCUT2D eigenvalue weighted by molar-refractivity contribution is -0.159. The van der Waals surface area contributed by atoms with Gasteiger partial charge >= 0.3 is 11.9 Å². The number of carbonyl (C=O) groups excluding carboxylic acids is 2. The highest BCUT2D eigenvalue weighted by Crippen LogP contribution is 2.19. The average molecular weight is 256 g/mol. The van der Waals surface area contributed by atoms with Crippen LogP contribution in [0.25, 0.3) is 0 Å². The van der Waals surface area contributed by atoms with E-state index in [0.29, 0.717) is 12.5 Å². The molecule has 1 saturated heterocycles. The molecule has 1 fully saturated rings. The van der Waals surface area contributed by atoms with Gasteiger partial charge in [0.2, 0.25) is 0 Å². The summed E-state index contributed by atoms with van der Waals surface area (Å²) in [5.74, 6) is -0.619. The van der Waals surface area contributed by atoms with Gasteiger partial charge in [-0.25, -0.2) is 4.79 Å². The molecule has 0 atom stereocenters. The normalized spacial score (nSPS) is 17.5. The van der Waals surface area contributed by atoms with Crippen molar-refractivity contribution in [3.05, 3.63) is 0 Å². The number of hydrogen-bond donors (Lipinski definition) is 0. The van der Waals surface area contributed by atoms with Gasteiger partial charge in [-0.3, -0.25) is 4.79 Å². The molecule has 0 saturated carbocycles. The number of esters is 1. The number of hydrogen-bond acceptors (Lipinski definition) is 4. The summed E-state index contributed by atoms with van der Waals surface area (Å²) in [6, 6.07) is 0. The molecule has 5 heteroatoms. The summed E-state index contributed by atoms with van der Waals surface area (Å²) in [6.07, 6.45) is 3.32. The van der Waals surface area contributed by atoms with Crippen LogP contribution in [0.3, 0.4) is 0 Å². The van der Waals surface area contributed by atoms with Crippen molar-refractivity contribution in [2.75, 3.05) is 40.3 Å². The molecule has 0 spiro atoms. The Labute approximate surface area is 109 Å². The highest BCUT2D eigenvalue weighted by atomic mass is 16.5. The molecule has 0 unspecified atom stereocenters. The van der Waals surface area contributed by atoms with Gasteiger partial charge < -0.3 is 14.5 Å². The number of rotatable bonds is 4. The van der Waals surface area contributed by atoms with Gasteiger partial charge in [0.25, 0.3) is 0 Å². The van der Waals surface area contributed by atoms with Gasteiger partial charge in [-0.1, -0.05) is 0 Å². The zero-order valence-corrected chi connectivity index (χ0v) is 11.6. The van der Waals surface area contributed by atoms with Gasteiger partial charge in [0.1, 0.15) is 0 Å². The highest BCUT2D eigenvalue weighted by molar-refractivity contribution is 6.32. The smallest absolute Gasteiger partial charge is 0.396 e. The molecule has 18 heavy (non-hydrogen) atoms. The summed E-state index contributed by atoms with van der Waals surface area (Å²) in [7, 11) is 3.79. The van der Waals surface area contributed by atoms with Crippen molar-refractivity contribution >= 4 is 11.9 Å². The average Bonchev–Trinajstić information content (AvgIpc) is 2.37. The fourth-order valence-corrected chi connectivity index (χ4v) is 2.18. The van der Waals surface area contributed by atoms with Gasteiger partial charge in [-0.2, -0.15) is 0 Å². The minimum atomic E-state index is -0.747. The molecule has 0 aromatic rings. The Hall–Kier alpha value is -1.10. The maximum atomic E-state index is 11.6. The van der Waals surface area contributed by atoms with E-state index in [9.17, 15) is 9.59 Å². The van der Waals surface area contributed by atoms with E-state index in [1.165, 1.54) is 17.7 Å². The molecule has 1 aliphatic rings. The van der Waals surface area contributed by atoms with E-state index in [-0.39, 0.29) is 6.61 Å². The molecule has 104 valence electrons. The molecule has 0 aromatic heterocycles. The SMILES string of the molecule is CCOC(=O)C(=O)N(C)CCC1CCN(C)CC1. The predicted octanol–water partition coefficient (Wildman–Crippen LogP) is 0.740. The Morgan fingerprint density at radius 3 is 2.50 bits per heavy atom. The second-order valence-electron chi connectivity index (χ2n) is 4.98. The zero-order chi connectivity index (χ0) is 13.5. The maximum absolute atomic E-state index is 11.6. The quantitative estimate of drug-likeness (QED) is 0.550. The molecular weight excluding hydrogens is 232 g/mol. The van der Waals surface area contributed by atoms with Crippen LogP contribution in [-0.2, 0) is 14.3 Å². The van der Waals surface area contributed by atoms with Crippen molar-refractivity contribution in [2.45, 2.75) is 26.2 Å². The molecule has 1 heterocycles. The Bertz CT molecular complexity index is 286. The third-order valence-electron chi connectivity index (χ3n) is 3.51. The van der Waals surface area contributed by atoms with E-state index >= 15 is 0 Å². The minimum Gasteiger partial charge on any atom is -0.459 e. The van der Waals surface area contributed by atoms with Crippen molar-refractivity contribution in [1.82, 2.24) is 9.80 Å². The van der Waals surface area contributed by atoms with Gasteiger partial charge in [0.15, 0.2) is 0 Å². The van der Waals surface area contributed by atoms with E-state index in [0.717, 1.165) is 19.5 Å². The summed E-state index contributed by atoms with van der Waals surface area (Å²) in [5, 5.41) is 0. The van der Waals surface area contributed by atoms with Gasteiger partial charge in [0, 0.05) is 13.6 Å². The topological polar surface area (TPSA) is 49.9 Å². The van der Waals surface area contributed by atoms with E-state index in [2.05, 4.69) is 11.9 Å². The fourth-order valence-electron chi connectivity index (χ4n) is 2.18. The van der Waals surface area contributed by atoms with Crippen molar-refractivity contribution in [3.8, 4) is 0 Å². The van der Waals surface area contributed by atoms with E-state index < -0.39 is 11.9 Å². The fraction of sp³-hybridized carbons (Fsp3) is 0.846. The third-order valence-corrected chi connectivity index (χ3v) is 3.51. The monoisotopic (exact) mass is 256 g/mol. The second kappa shape index (κ2) is 7.36. The van der Waals surface area contributed by atoms with Crippen molar-refractivity contribution in [3.63, 3.8) is 0 Å². The molecule has 0 aromatic carbocycles. The second-order valence-corrected chi connectivity index (χ2v) is 4.98. The standard InChI is InChI=1S/C13H24N2O3/c1-4-18-13(17)12(16)15(3)10-7-11-5-8-14(2)9-6-11/h11H,4-10H2,1-3H3. The highest BCUT2D eigenvalue weighted by Gasteiger charge is 2.22. The number of nitrogens with zero attached hydrogens (tertiary/aromatic N) is 2. The molecular formula is C13H24N2O3. The Kier molecular flexibility index (Phi) is 6.12. The van der Waals surface area contributed by atoms with Crippen molar-refractivity contribution in [2.24, 2.45) is 5.92 Å². The van der Waals surface area contributed by atoms with Crippen LogP contribution >= 0.6 is 0 Å². The molecule has 0 aliphatic carbocycles. The number of piperidine rings is 1. The summed E-state index contributed by atoms with van der Waals surface area (Å²) in [6.45, 7) is 4.82. The largest absolute Gasteiger partial charge is 0.459 e. The third kappa shape index (κ3) is 4.64. The van der Waals surface area contributed by atoms with Crippen molar-refractivity contribution < 1.29 is 14.3 Å². The van der Waals surface area contributed by atoms with Crippen LogP contribution in [0.2, 0.25) is 0 Å². The predicted molar refractivity (Wildman–Crippen MR) is 69.1 cm³/mol. The molecule has 1 rings (SSSR count). The van der Waals surface area contributed by atoms with E-state index in [1.807, 2.05) is 0 Å². The van der Waals surface area contributed by atoms with Gasteiger partial charge in [0.05, 0.1) is 6.61 Å². The number of likely N-dealkylation sites (N-methyl/N-ethyl adjacent to an activating group) is 1. The number of amides is 1. The number of ether oxygens (including phenoxy) is 1. The van der Waals surface area contributed by atoms with E-state index in [4.69, 9.17) is 4.74 Å². The van der Waals surface area contributed by atoms with Gasteiger partial charge in [-0.15, -0.1) is 0 Å². The van der Waals surface area contributed by atoms with Crippen LogP contribution < -0.4 is 0 Å². The van der Waals surface area contributed by atoms with Crippen LogP contribution in [0.15, 0.2) is 0 Å². The van der Waals surface area contributed by atoms with Crippen LogP contribution in [0.4, 0.5) is 0 Å². The summed E-state index contributed by atoms with van der Waals surface area (Å²) in [4.78, 5) is 26.7. The first-order valence-electron chi connectivity index (χ1n) is 6.65. The van der Waals surface area contributed by atoms with E-state index in [1.54, 1.807) is 14.0 Å². The maximum Gasteiger partial charge on any atom is 0.396 e. The first kappa shape index (κ1) is 15.0. The molecule has 0 bridgehead atoms. The van der Waals surface area contributed by atoms with Crippen LogP contribution in [0.5, 0.6) is 0 Å². The minimum absolute atomic E-state index is 0.243. The summed E-state index contributed by atoms with van der Waals surface area (Å²) in [5.41, 5.74) is 0. The molecule has 0 radical (unpaired) electrons. The molecule has 5 nitrogen and oxygen atoms in total. The van der Waals surface area contributed by atoms with Crippen LogP contribution in [0, 0.1) is 5.92 Å². The molecule has 1 amide bonds. The lowest BCUT2D eigenvalue weighted by Crippen LogP contribution is -2.37. The van der Waals surface area contributed by atoms with Crippen LogP contribution in [0.1, 0.15) is 26.2 Å². The Morgan fingerprint density at radius 1 is 1.33 bits per heavy atom. The number of likely N-dealkylation sites (tertiary alicyclic amines) is 1. The lowest BCUT2D eigenvalue weighted by atomic mass is 9.94. The Balaban J connectivity index is 2.26. The first-order chi connectivity index (χ1) is 8.54. The Morgan fingerprint density at radius 2 is 1.94 bits per heavy atom. The van der Waals surface area contributed by atoms with Crippen LogP contribution in [-0.4, -0.2) is 62.0 Å². The summed E-state index contributed by atoms with van der Waals surface area (Å²) >= 11 is 0. The molecule has 0 N–H and O–H groups in total. The first-order valence-corrected chi connectivity index (χ1v) is 6.65. The van der Waals surface area contributed by atoms with Gasteiger partial charge in [-0.05, 0) is 52.2 Å². The van der Waals surface area contributed by atoms with Crippen molar-refractivity contribution in [1.29, 1.82) is 0 Å². The molecule has 1 aliphatic heterocycles. The number of carbonyl (C=O) groups is 2. The lowest BCUT2D eigenvalue weighted by Gasteiger charge is -2.29.